The summed E-state index contributed by atoms with van der Waals surface area (Å²) in [7, 11) is 0. The van der Waals surface area contributed by atoms with Gasteiger partial charge in [0, 0.05) is 18.5 Å². The average Bonchev–Trinajstić information content (AvgIpc) is 2.89. The van der Waals surface area contributed by atoms with E-state index in [4.69, 9.17) is 0 Å². The largest absolute Gasteiger partial charge is 0.502 e. The molecule has 2 aliphatic rings. The van der Waals surface area contributed by atoms with Gasteiger partial charge in [0.2, 0.25) is 5.43 Å². The van der Waals surface area contributed by atoms with Gasteiger partial charge in [0.1, 0.15) is 0 Å². The van der Waals surface area contributed by atoms with E-state index in [1.54, 1.807) is 9.58 Å². The van der Waals surface area contributed by atoms with Gasteiger partial charge in [0.05, 0.1) is 12.2 Å². The summed E-state index contributed by atoms with van der Waals surface area (Å²) in [6.07, 6.45) is 7.87. The molecule has 1 aliphatic heterocycles. The van der Waals surface area contributed by atoms with Gasteiger partial charge in [-0.1, -0.05) is 86.7 Å². The molecule has 4 atom stereocenters. The summed E-state index contributed by atoms with van der Waals surface area (Å²) in [5.41, 5.74) is 3.79. The van der Waals surface area contributed by atoms with E-state index < -0.39 is 11.2 Å². The number of aromatic nitrogens is 2. The molecule has 0 radical (unpaired) electrons. The van der Waals surface area contributed by atoms with Gasteiger partial charge in [0.25, 0.3) is 5.91 Å². The predicted octanol–water partition coefficient (Wildman–Crippen LogP) is 5.41. The van der Waals surface area contributed by atoms with Crippen LogP contribution in [-0.4, -0.2) is 38.3 Å². The molecule has 5 rings (SSSR count). The number of carbonyl (C=O) groups excluding carboxylic acids is 1. The lowest BCUT2D eigenvalue weighted by molar-refractivity contribution is 0.0570. The third-order valence-electron chi connectivity index (χ3n) is 7.74. The van der Waals surface area contributed by atoms with Crippen LogP contribution in [0.4, 0.5) is 0 Å². The molecule has 3 aromatic rings. The Morgan fingerprint density at radius 1 is 0.973 bits per heavy atom. The average molecular weight is 496 g/mol. The van der Waals surface area contributed by atoms with Crippen LogP contribution >= 0.6 is 0 Å². The molecule has 2 aromatic carbocycles. The normalized spacial score (nSPS) is 22.1. The smallest absolute Gasteiger partial charge is 0.276 e. The zero-order chi connectivity index (χ0) is 26.3. The number of rotatable bonds is 5. The first-order valence-electron chi connectivity index (χ1n) is 12.9. The summed E-state index contributed by atoms with van der Waals surface area (Å²) in [5.74, 6) is -0.142. The lowest BCUT2D eigenvalue weighted by Gasteiger charge is -2.41. The molecule has 0 bridgehead atoms. The summed E-state index contributed by atoms with van der Waals surface area (Å²) >= 11 is 0. The van der Waals surface area contributed by atoms with Crippen LogP contribution in [0.25, 0.3) is 5.57 Å². The van der Waals surface area contributed by atoms with Crippen molar-refractivity contribution >= 4 is 11.5 Å². The number of benzene rings is 2. The number of carbonyl (C=O) groups is 1. The number of hydrogen-bond acceptors (Lipinski definition) is 4. The van der Waals surface area contributed by atoms with Gasteiger partial charge in [-0.15, -0.1) is 0 Å². The Balaban J connectivity index is 1.69. The lowest BCUT2D eigenvalue weighted by Crippen LogP contribution is -2.49. The molecule has 1 N–H and O–H groups in total. The van der Waals surface area contributed by atoms with Crippen LogP contribution in [0.1, 0.15) is 66.8 Å². The maximum Gasteiger partial charge on any atom is 0.276 e. The summed E-state index contributed by atoms with van der Waals surface area (Å²) in [4.78, 5) is 27.3. The third kappa shape index (κ3) is 4.52. The van der Waals surface area contributed by atoms with Crippen molar-refractivity contribution < 1.29 is 9.90 Å². The van der Waals surface area contributed by atoms with E-state index in [2.05, 4.69) is 73.6 Å². The minimum absolute atomic E-state index is 0.0460. The van der Waals surface area contributed by atoms with E-state index in [0.717, 1.165) is 22.9 Å². The van der Waals surface area contributed by atoms with Gasteiger partial charge in [-0.2, -0.15) is 5.10 Å². The molecule has 1 aliphatic carbocycles. The molecule has 1 aromatic heterocycles. The highest BCUT2D eigenvalue weighted by molar-refractivity contribution is 5.96. The number of aromatic hydroxyl groups is 1. The molecule has 0 fully saturated rings. The Bertz CT molecular complexity index is 1440. The number of fused-ring (bicyclic) bond motifs is 1. The minimum atomic E-state index is -0.651. The predicted molar refractivity (Wildman–Crippen MR) is 146 cm³/mol. The summed E-state index contributed by atoms with van der Waals surface area (Å²) in [6, 6.07) is 18.3. The van der Waals surface area contributed by atoms with E-state index in [1.165, 1.54) is 5.57 Å². The summed E-state index contributed by atoms with van der Waals surface area (Å²) < 4.78 is 1.56. The van der Waals surface area contributed by atoms with Crippen molar-refractivity contribution in [2.24, 2.45) is 11.8 Å². The minimum Gasteiger partial charge on any atom is -0.502 e. The molecule has 0 saturated carbocycles. The van der Waals surface area contributed by atoms with Crippen molar-refractivity contribution in [2.75, 3.05) is 6.54 Å². The van der Waals surface area contributed by atoms with Gasteiger partial charge >= 0.3 is 0 Å². The molecule has 6 nitrogen and oxygen atoms in total. The molecule has 1 amide bonds. The van der Waals surface area contributed by atoms with Crippen molar-refractivity contribution in [3.8, 4) is 5.75 Å². The SMILES string of the molecule is CC1C=CC(c2cccc(C(c3ccccc3)C3CN(C(C)C)C(=O)c4c(O)c(=O)cnn43)c2)=CC1C. The molecule has 0 saturated heterocycles. The molecule has 37 heavy (non-hydrogen) atoms. The van der Waals surface area contributed by atoms with Crippen LogP contribution in [-0.2, 0) is 0 Å². The van der Waals surface area contributed by atoms with Gasteiger partial charge in [-0.25, -0.2) is 0 Å². The van der Waals surface area contributed by atoms with Gasteiger partial charge in [-0.05, 0) is 47.9 Å². The van der Waals surface area contributed by atoms with E-state index in [-0.39, 0.29) is 29.6 Å². The Labute approximate surface area is 217 Å². The van der Waals surface area contributed by atoms with Crippen LogP contribution in [0, 0.1) is 11.8 Å². The van der Waals surface area contributed by atoms with Gasteiger partial charge < -0.3 is 10.0 Å². The Kier molecular flexibility index (Phi) is 6.59. The maximum absolute atomic E-state index is 13.3. The molecule has 190 valence electrons. The number of allylic oxidation sites excluding steroid dienone is 4. The fourth-order valence-electron chi connectivity index (χ4n) is 5.42. The van der Waals surface area contributed by atoms with Crippen molar-refractivity contribution in [3.05, 3.63) is 112 Å². The van der Waals surface area contributed by atoms with Crippen LogP contribution in [0.5, 0.6) is 5.75 Å². The quantitative estimate of drug-likeness (QED) is 0.513. The first-order valence-corrected chi connectivity index (χ1v) is 12.9. The third-order valence-corrected chi connectivity index (χ3v) is 7.74. The standard InChI is InChI=1S/C31H33N3O3/c1-19(2)33-18-26(34-29(31(33)37)30(36)27(35)17-32-34)28(22-9-6-5-7-10-22)25-12-8-11-23(16-25)24-14-13-20(3)21(4)15-24/h5-17,19-21,26,28,36H,18H2,1-4H3. The van der Waals surface area contributed by atoms with Crippen molar-refractivity contribution in [2.45, 2.75) is 45.7 Å². The second-order valence-corrected chi connectivity index (χ2v) is 10.5. The molecule has 6 heteroatoms. The van der Waals surface area contributed by atoms with Crippen LogP contribution in [0.2, 0.25) is 0 Å². The monoisotopic (exact) mass is 495 g/mol. The zero-order valence-corrected chi connectivity index (χ0v) is 21.7. The van der Waals surface area contributed by atoms with Crippen LogP contribution < -0.4 is 5.43 Å². The van der Waals surface area contributed by atoms with E-state index in [1.807, 2.05) is 32.0 Å². The maximum atomic E-state index is 13.3. The second kappa shape index (κ2) is 9.85. The fourth-order valence-corrected chi connectivity index (χ4v) is 5.42. The summed E-state index contributed by atoms with van der Waals surface area (Å²) in [5, 5.41) is 15.1. The highest BCUT2D eigenvalue weighted by Gasteiger charge is 2.40. The van der Waals surface area contributed by atoms with Crippen molar-refractivity contribution in [3.63, 3.8) is 0 Å². The van der Waals surface area contributed by atoms with Gasteiger partial charge in [0.15, 0.2) is 11.4 Å². The first-order chi connectivity index (χ1) is 17.8. The highest BCUT2D eigenvalue weighted by Crippen LogP contribution is 2.41. The second-order valence-electron chi connectivity index (χ2n) is 10.5. The molecular weight excluding hydrogens is 462 g/mol. The van der Waals surface area contributed by atoms with Crippen LogP contribution in [0.15, 0.2) is 83.8 Å². The molecule has 0 spiro atoms. The summed E-state index contributed by atoms with van der Waals surface area (Å²) in [6.45, 7) is 8.75. The van der Waals surface area contributed by atoms with Crippen molar-refractivity contribution in [1.29, 1.82) is 0 Å². The Morgan fingerprint density at radius 2 is 1.70 bits per heavy atom. The molecular formula is C31H33N3O3. The van der Waals surface area contributed by atoms with Gasteiger partial charge in [-0.3, -0.25) is 14.3 Å². The zero-order valence-electron chi connectivity index (χ0n) is 21.7. The lowest BCUT2D eigenvalue weighted by atomic mass is 9.81. The topological polar surface area (TPSA) is 75.4 Å². The van der Waals surface area contributed by atoms with E-state index in [0.29, 0.717) is 18.4 Å². The fraction of sp³-hybridized carbons (Fsp3) is 0.323. The number of nitrogens with zero attached hydrogens (tertiary/aromatic N) is 3. The molecule has 2 heterocycles. The molecule has 4 unspecified atom stereocenters. The van der Waals surface area contributed by atoms with E-state index >= 15 is 0 Å². The first kappa shape index (κ1) is 24.8. The number of hydrogen-bond donors (Lipinski definition) is 1. The van der Waals surface area contributed by atoms with E-state index in [9.17, 15) is 14.7 Å². The number of amides is 1. The Morgan fingerprint density at radius 3 is 2.41 bits per heavy atom. The highest BCUT2D eigenvalue weighted by atomic mass is 16.3. The Hall–Kier alpha value is -3.93. The van der Waals surface area contributed by atoms with Crippen LogP contribution in [0.3, 0.4) is 0 Å². The van der Waals surface area contributed by atoms with Crippen molar-refractivity contribution in [1.82, 2.24) is 14.7 Å².